The number of carbonyl (C=O) groups is 2. The number of aromatic nitrogens is 1. The molecular weight excluding hydrogens is 452 g/mol. The summed E-state index contributed by atoms with van der Waals surface area (Å²) in [5.74, 6) is 0.638. The van der Waals surface area contributed by atoms with Crippen molar-refractivity contribution in [2.24, 2.45) is 5.92 Å². The first-order valence-electron chi connectivity index (χ1n) is 13.9. The Bertz CT molecular complexity index is 997. The molecule has 0 aromatic carbocycles. The average molecular weight is 501 g/mol. The van der Waals surface area contributed by atoms with Crippen LogP contribution in [0.4, 0.5) is 0 Å². The van der Waals surface area contributed by atoms with Gasteiger partial charge in [-0.1, -0.05) is 34.6 Å². The number of fused-ring (bicyclic) bond motifs is 3. The maximum absolute atomic E-state index is 13.7. The Balaban J connectivity index is 0.00000117. The van der Waals surface area contributed by atoms with Gasteiger partial charge in [-0.05, 0) is 77.4 Å². The SMILES string of the molecule is C.CC.CC1CCC(NC(=O)C2(C)Cn3c(cc4occc43)C(=O)N2CCCN2CCCCC2)CC1. The minimum Gasteiger partial charge on any atom is -0.463 e. The van der Waals surface area contributed by atoms with Crippen molar-refractivity contribution in [3.05, 3.63) is 24.1 Å². The first-order chi connectivity index (χ1) is 17.0. The molecular formula is C29H48N4O3. The lowest BCUT2D eigenvalue weighted by Crippen LogP contribution is -2.65. The number of likely N-dealkylation sites (tertiary alicyclic amines) is 1. The zero-order valence-electron chi connectivity index (χ0n) is 22.1. The number of rotatable bonds is 6. The molecule has 2 amide bonds. The van der Waals surface area contributed by atoms with Crippen LogP contribution >= 0.6 is 0 Å². The van der Waals surface area contributed by atoms with Crippen LogP contribution in [0.3, 0.4) is 0 Å². The van der Waals surface area contributed by atoms with Gasteiger partial charge < -0.3 is 24.1 Å². The predicted octanol–water partition coefficient (Wildman–Crippen LogP) is 5.68. The number of nitrogens with one attached hydrogen (secondary N) is 1. The van der Waals surface area contributed by atoms with Crippen molar-refractivity contribution in [2.75, 3.05) is 26.2 Å². The number of piperidine rings is 1. The number of hydrogen-bond acceptors (Lipinski definition) is 4. The lowest BCUT2D eigenvalue weighted by atomic mass is 9.86. The lowest BCUT2D eigenvalue weighted by molar-refractivity contribution is -0.133. The van der Waals surface area contributed by atoms with E-state index in [1.165, 1.54) is 19.3 Å². The molecule has 2 fully saturated rings. The monoisotopic (exact) mass is 500 g/mol. The zero-order valence-corrected chi connectivity index (χ0v) is 22.1. The van der Waals surface area contributed by atoms with Gasteiger partial charge >= 0.3 is 0 Å². The quantitative estimate of drug-likeness (QED) is 0.554. The molecule has 0 spiro atoms. The molecule has 1 saturated heterocycles. The third kappa shape index (κ3) is 5.66. The lowest BCUT2D eigenvalue weighted by Gasteiger charge is -2.45. The van der Waals surface area contributed by atoms with E-state index in [0.29, 0.717) is 24.4 Å². The summed E-state index contributed by atoms with van der Waals surface area (Å²) < 4.78 is 7.55. The number of nitrogens with zero attached hydrogens (tertiary/aromatic N) is 3. The fraction of sp³-hybridized carbons (Fsp3) is 0.724. The van der Waals surface area contributed by atoms with Crippen molar-refractivity contribution >= 4 is 22.9 Å². The topological polar surface area (TPSA) is 70.7 Å². The van der Waals surface area contributed by atoms with Crippen LogP contribution in [0.5, 0.6) is 0 Å². The molecule has 202 valence electrons. The van der Waals surface area contributed by atoms with Crippen LogP contribution in [0, 0.1) is 5.92 Å². The molecule has 1 aliphatic carbocycles. The number of hydrogen-bond donors (Lipinski definition) is 1. The Kier molecular flexibility index (Phi) is 9.67. The molecule has 1 saturated carbocycles. The van der Waals surface area contributed by atoms with Crippen molar-refractivity contribution < 1.29 is 14.0 Å². The molecule has 5 rings (SSSR count). The maximum Gasteiger partial charge on any atom is 0.271 e. The van der Waals surface area contributed by atoms with Gasteiger partial charge in [0, 0.05) is 24.7 Å². The molecule has 2 aliphatic heterocycles. The van der Waals surface area contributed by atoms with E-state index in [2.05, 4.69) is 17.1 Å². The number of amides is 2. The molecule has 36 heavy (non-hydrogen) atoms. The maximum atomic E-state index is 13.7. The predicted molar refractivity (Wildman–Crippen MR) is 146 cm³/mol. The van der Waals surface area contributed by atoms with E-state index in [4.69, 9.17) is 4.42 Å². The van der Waals surface area contributed by atoms with Crippen molar-refractivity contribution in [2.45, 2.75) is 105 Å². The summed E-state index contributed by atoms with van der Waals surface area (Å²) in [4.78, 5) is 31.8. The van der Waals surface area contributed by atoms with Crippen LogP contribution in [-0.2, 0) is 11.3 Å². The third-order valence-corrected chi connectivity index (χ3v) is 8.19. The third-order valence-electron chi connectivity index (χ3n) is 8.19. The van der Waals surface area contributed by atoms with Gasteiger partial charge in [0.2, 0.25) is 5.91 Å². The van der Waals surface area contributed by atoms with E-state index in [1.807, 2.05) is 42.4 Å². The van der Waals surface area contributed by atoms with Gasteiger partial charge in [-0.3, -0.25) is 9.59 Å². The average Bonchev–Trinajstić information content (AvgIpc) is 3.47. The molecule has 2 aromatic heterocycles. The molecule has 2 aromatic rings. The number of furan rings is 1. The van der Waals surface area contributed by atoms with Crippen LogP contribution < -0.4 is 5.32 Å². The Morgan fingerprint density at radius 2 is 1.81 bits per heavy atom. The molecule has 4 heterocycles. The fourth-order valence-corrected chi connectivity index (χ4v) is 6.00. The Hall–Kier alpha value is -2.28. The normalized spacial score (nSPS) is 26.6. The van der Waals surface area contributed by atoms with Gasteiger partial charge in [0.1, 0.15) is 11.2 Å². The second-order valence-corrected chi connectivity index (χ2v) is 10.7. The van der Waals surface area contributed by atoms with Crippen LogP contribution in [-0.4, -0.2) is 63.9 Å². The molecule has 7 heteroatoms. The highest BCUT2D eigenvalue weighted by atomic mass is 16.3. The second-order valence-electron chi connectivity index (χ2n) is 10.7. The highest BCUT2D eigenvalue weighted by Gasteiger charge is 2.48. The molecule has 7 nitrogen and oxygen atoms in total. The molecule has 1 atom stereocenters. The van der Waals surface area contributed by atoms with E-state index in [-0.39, 0.29) is 25.3 Å². The summed E-state index contributed by atoms with van der Waals surface area (Å²) in [5.41, 5.74) is 1.30. The minimum atomic E-state index is -0.918. The Labute approximate surface area is 217 Å². The summed E-state index contributed by atoms with van der Waals surface area (Å²) in [7, 11) is 0. The smallest absolute Gasteiger partial charge is 0.271 e. The van der Waals surface area contributed by atoms with E-state index in [9.17, 15) is 9.59 Å². The minimum absolute atomic E-state index is 0. The summed E-state index contributed by atoms with van der Waals surface area (Å²) in [6.07, 6.45) is 10.7. The standard InChI is InChI=1S/C26H38N4O3.C2H6.CH4/c1-19-7-9-20(10-8-19)27-25(32)26(2)18-29-21-11-16-33-23(21)17-22(29)24(31)30(26)15-6-14-28-12-4-3-5-13-28;1-2;/h11,16-17,19-20H,3-10,12-15,18H2,1-2H3,(H,27,32);1-2H3;1H4. The molecule has 0 bridgehead atoms. The largest absolute Gasteiger partial charge is 0.463 e. The number of carbonyl (C=O) groups excluding carboxylic acids is 2. The summed E-state index contributed by atoms with van der Waals surface area (Å²) in [6, 6.07) is 3.92. The van der Waals surface area contributed by atoms with Crippen LogP contribution in [0.15, 0.2) is 22.8 Å². The highest BCUT2D eigenvalue weighted by molar-refractivity contribution is 6.02. The van der Waals surface area contributed by atoms with Crippen LogP contribution in [0.25, 0.3) is 11.1 Å². The Morgan fingerprint density at radius 3 is 2.50 bits per heavy atom. The first kappa shape index (κ1) is 28.3. The van der Waals surface area contributed by atoms with Crippen LogP contribution in [0.1, 0.15) is 97.0 Å². The van der Waals surface area contributed by atoms with Gasteiger partial charge in [0.15, 0.2) is 5.58 Å². The van der Waals surface area contributed by atoms with Gasteiger partial charge in [-0.25, -0.2) is 0 Å². The van der Waals surface area contributed by atoms with E-state index in [1.54, 1.807) is 6.26 Å². The fourth-order valence-electron chi connectivity index (χ4n) is 6.00. The van der Waals surface area contributed by atoms with Crippen LogP contribution in [0.2, 0.25) is 0 Å². The van der Waals surface area contributed by atoms with Gasteiger partial charge in [-0.2, -0.15) is 0 Å². The molecule has 1 unspecified atom stereocenters. The van der Waals surface area contributed by atoms with Gasteiger partial charge in [-0.15, -0.1) is 0 Å². The van der Waals surface area contributed by atoms with Crippen molar-refractivity contribution in [1.29, 1.82) is 0 Å². The zero-order chi connectivity index (χ0) is 25.0. The van der Waals surface area contributed by atoms with E-state index >= 15 is 0 Å². The van der Waals surface area contributed by atoms with Crippen molar-refractivity contribution in [3.8, 4) is 0 Å². The second kappa shape index (κ2) is 12.3. The first-order valence-corrected chi connectivity index (χ1v) is 13.9. The Morgan fingerprint density at radius 1 is 1.11 bits per heavy atom. The van der Waals surface area contributed by atoms with E-state index < -0.39 is 5.54 Å². The summed E-state index contributed by atoms with van der Waals surface area (Å²) in [5, 5.41) is 3.32. The van der Waals surface area contributed by atoms with Gasteiger partial charge in [0.25, 0.3) is 5.91 Å². The molecule has 3 aliphatic rings. The summed E-state index contributed by atoms with van der Waals surface area (Å²) in [6.45, 7) is 12.5. The summed E-state index contributed by atoms with van der Waals surface area (Å²) >= 11 is 0. The molecule has 0 radical (unpaired) electrons. The van der Waals surface area contributed by atoms with Crippen molar-refractivity contribution in [1.82, 2.24) is 19.7 Å². The van der Waals surface area contributed by atoms with Crippen molar-refractivity contribution in [3.63, 3.8) is 0 Å². The molecule has 1 N–H and O–H groups in total. The van der Waals surface area contributed by atoms with E-state index in [0.717, 1.165) is 63.2 Å². The van der Waals surface area contributed by atoms with Gasteiger partial charge in [0.05, 0.1) is 18.3 Å². The highest BCUT2D eigenvalue weighted by Crippen LogP contribution is 2.33.